The third-order valence-electron chi connectivity index (χ3n) is 8.20. The van der Waals surface area contributed by atoms with Crippen molar-refractivity contribution in [2.75, 3.05) is 6.61 Å². The molecule has 2 N–H and O–H groups in total. The van der Waals surface area contributed by atoms with Crippen LogP contribution in [0.1, 0.15) is 40.5 Å². The van der Waals surface area contributed by atoms with Gasteiger partial charge in [-0.25, -0.2) is 4.79 Å². The molecule has 0 bridgehead atoms. The molecule has 7 rings (SSSR count). The monoisotopic (exact) mass is 577 g/mol. The number of phenolic OH excluding ortho intramolecular Hbond substituents is 1. The molecule has 2 heterocycles. The minimum absolute atomic E-state index is 0.171. The van der Waals surface area contributed by atoms with Gasteiger partial charge in [0, 0.05) is 45.2 Å². The zero-order valence-corrected chi connectivity index (χ0v) is 23.5. The summed E-state index contributed by atoms with van der Waals surface area (Å²) in [7, 11) is 0. The van der Waals surface area contributed by atoms with Crippen LogP contribution in [0.5, 0.6) is 11.5 Å². The van der Waals surface area contributed by atoms with E-state index in [1.165, 1.54) is 0 Å². The molecular weight excluding hydrogens is 550 g/mol. The van der Waals surface area contributed by atoms with Gasteiger partial charge in [0.25, 0.3) is 0 Å². The molecule has 0 amide bonds. The molecule has 1 aliphatic rings. The summed E-state index contributed by atoms with van der Waals surface area (Å²) in [6.45, 7) is 0.932. The molecule has 4 aromatic carbocycles. The maximum atomic E-state index is 12.6. The summed E-state index contributed by atoms with van der Waals surface area (Å²) in [4.78, 5) is 12.6. The summed E-state index contributed by atoms with van der Waals surface area (Å²) < 4.78 is 9.95. The third kappa shape index (κ3) is 4.28. The summed E-state index contributed by atoms with van der Waals surface area (Å²) in [5, 5.41) is 29.2. The Hall–Kier alpha value is -4.75. The molecule has 42 heavy (non-hydrogen) atoms. The number of nitrogens with zero attached hydrogens (tertiary/aromatic N) is 3. The fourth-order valence-electron chi connectivity index (χ4n) is 6.43. The van der Waals surface area contributed by atoms with Crippen LogP contribution in [0.2, 0.25) is 5.02 Å². The van der Waals surface area contributed by atoms with E-state index >= 15 is 0 Å². The highest BCUT2D eigenvalue weighted by molar-refractivity contribution is 6.32. The zero-order chi connectivity index (χ0) is 28.8. The first-order chi connectivity index (χ1) is 20.5. The van der Waals surface area contributed by atoms with Crippen LogP contribution in [0, 0.1) is 0 Å². The number of hydrogen-bond acceptors (Lipinski definition) is 4. The Labute approximate surface area is 247 Å². The van der Waals surface area contributed by atoms with Gasteiger partial charge in [-0.2, -0.15) is 5.10 Å². The lowest BCUT2D eigenvalue weighted by Crippen LogP contribution is -2.19. The number of benzene rings is 4. The van der Waals surface area contributed by atoms with Crippen LogP contribution in [0.25, 0.3) is 32.9 Å². The van der Waals surface area contributed by atoms with Gasteiger partial charge in [0.15, 0.2) is 0 Å². The van der Waals surface area contributed by atoms with E-state index in [4.69, 9.17) is 16.3 Å². The lowest BCUT2D eigenvalue weighted by molar-refractivity contribution is 0.0683. The van der Waals surface area contributed by atoms with E-state index in [0.29, 0.717) is 48.7 Å². The van der Waals surface area contributed by atoms with E-state index in [2.05, 4.69) is 17.2 Å². The van der Waals surface area contributed by atoms with Crippen LogP contribution in [-0.4, -0.2) is 37.1 Å². The van der Waals surface area contributed by atoms with Gasteiger partial charge in [-0.3, -0.25) is 4.68 Å². The largest absolute Gasteiger partial charge is 0.507 e. The van der Waals surface area contributed by atoms with Crippen LogP contribution in [0.4, 0.5) is 0 Å². The second kappa shape index (κ2) is 10.6. The molecule has 0 saturated carbocycles. The van der Waals surface area contributed by atoms with E-state index in [1.54, 1.807) is 18.3 Å². The molecule has 2 aromatic heterocycles. The zero-order valence-electron chi connectivity index (χ0n) is 22.7. The number of aromatic nitrogens is 3. The smallest absolute Gasteiger partial charge is 0.352 e. The average Bonchev–Trinajstić information content (AvgIpc) is 3.61. The topological polar surface area (TPSA) is 89.5 Å². The van der Waals surface area contributed by atoms with Crippen molar-refractivity contribution < 1.29 is 19.7 Å². The van der Waals surface area contributed by atoms with Gasteiger partial charge in [-0.15, -0.1) is 0 Å². The molecular formula is C34H28ClN3O4. The number of hydrogen-bond donors (Lipinski definition) is 2. The van der Waals surface area contributed by atoms with Crippen molar-refractivity contribution in [3.05, 3.63) is 113 Å². The number of fused-ring (bicyclic) bond motifs is 1. The maximum Gasteiger partial charge on any atom is 0.352 e. The fraction of sp³-hybridized carbons (Fsp3) is 0.176. The number of carboxylic acids is 1. The second-order valence-corrected chi connectivity index (χ2v) is 11.0. The Kier molecular flexibility index (Phi) is 6.59. The van der Waals surface area contributed by atoms with Crippen molar-refractivity contribution >= 4 is 39.2 Å². The number of halogens is 1. The standard InChI is InChI=1S/C34H28ClN3O4/c35-25-14-16-27-31-24(13-15-28(32(25)31)38-26(17-18-36-38)23-10-3-4-11-29(23)39)33(34(40)41)37(27)19-6-20-42-30-12-5-8-21-7-1-2-9-22(21)30/h1-5,7-12,14,16-18,28,39H,6,13,15,19-20H2,(H,40,41). The minimum atomic E-state index is -0.953. The van der Waals surface area contributed by atoms with Gasteiger partial charge in [-0.1, -0.05) is 60.1 Å². The predicted octanol–water partition coefficient (Wildman–Crippen LogP) is 7.72. The summed E-state index contributed by atoms with van der Waals surface area (Å²) in [5.41, 5.74) is 4.27. The minimum Gasteiger partial charge on any atom is -0.507 e. The van der Waals surface area contributed by atoms with Crippen molar-refractivity contribution in [3.63, 3.8) is 0 Å². The molecule has 0 radical (unpaired) electrons. The summed E-state index contributed by atoms with van der Waals surface area (Å²) in [5.74, 6) is 0.0367. The van der Waals surface area contributed by atoms with Crippen LogP contribution in [-0.2, 0) is 13.0 Å². The number of carboxylic acid groups (broad SMARTS) is 1. The molecule has 210 valence electrons. The van der Waals surface area contributed by atoms with Crippen molar-refractivity contribution in [2.24, 2.45) is 0 Å². The maximum absolute atomic E-state index is 12.6. The van der Waals surface area contributed by atoms with Crippen LogP contribution >= 0.6 is 11.6 Å². The van der Waals surface area contributed by atoms with Crippen molar-refractivity contribution in [1.82, 2.24) is 14.3 Å². The van der Waals surface area contributed by atoms with Crippen LogP contribution in [0.3, 0.4) is 0 Å². The van der Waals surface area contributed by atoms with E-state index in [1.807, 2.05) is 69.9 Å². The molecule has 1 unspecified atom stereocenters. The molecule has 0 fully saturated rings. The first-order valence-corrected chi connectivity index (χ1v) is 14.4. The Morgan fingerprint density at radius 2 is 1.81 bits per heavy atom. The Bertz CT molecular complexity index is 1970. The summed E-state index contributed by atoms with van der Waals surface area (Å²) >= 11 is 6.87. The highest BCUT2D eigenvalue weighted by Crippen LogP contribution is 2.45. The van der Waals surface area contributed by atoms with Gasteiger partial charge in [0.2, 0.25) is 0 Å². The number of aryl methyl sites for hydroxylation is 2. The molecule has 1 aliphatic carbocycles. The fourth-order valence-corrected chi connectivity index (χ4v) is 6.72. The molecule has 8 heteroatoms. The van der Waals surface area contributed by atoms with Gasteiger partial charge in [0.05, 0.1) is 18.3 Å². The molecule has 0 spiro atoms. The lowest BCUT2D eigenvalue weighted by Gasteiger charge is -2.27. The molecule has 1 atom stereocenters. The molecule has 7 nitrogen and oxygen atoms in total. The third-order valence-corrected chi connectivity index (χ3v) is 8.53. The van der Waals surface area contributed by atoms with Crippen molar-refractivity contribution in [2.45, 2.75) is 31.8 Å². The average molecular weight is 578 g/mol. The summed E-state index contributed by atoms with van der Waals surface area (Å²) in [6, 6.07) is 26.7. The van der Waals surface area contributed by atoms with E-state index in [9.17, 15) is 15.0 Å². The number of rotatable bonds is 8. The van der Waals surface area contributed by atoms with E-state index in [0.717, 1.165) is 44.2 Å². The molecule has 6 aromatic rings. The van der Waals surface area contributed by atoms with Gasteiger partial charge in [0.1, 0.15) is 17.2 Å². The highest BCUT2D eigenvalue weighted by Gasteiger charge is 2.34. The number of ether oxygens (including phenoxy) is 1. The summed E-state index contributed by atoms with van der Waals surface area (Å²) in [6.07, 6.45) is 3.54. The van der Waals surface area contributed by atoms with E-state index < -0.39 is 5.97 Å². The highest BCUT2D eigenvalue weighted by atomic mass is 35.5. The van der Waals surface area contributed by atoms with Gasteiger partial charge in [-0.05, 0) is 66.6 Å². The lowest BCUT2D eigenvalue weighted by atomic mass is 9.87. The Morgan fingerprint density at radius 1 is 1.00 bits per heavy atom. The second-order valence-electron chi connectivity index (χ2n) is 10.6. The van der Waals surface area contributed by atoms with Crippen LogP contribution in [0.15, 0.2) is 91.1 Å². The first kappa shape index (κ1) is 26.2. The Morgan fingerprint density at radius 3 is 2.67 bits per heavy atom. The SMILES string of the molecule is O=C(O)c1c2c3c(c(Cl)ccc3n1CCCOc1cccc3ccccc13)C(n1nccc1-c1ccccc1O)CC2. The molecule has 0 aliphatic heterocycles. The van der Waals surface area contributed by atoms with Gasteiger partial charge >= 0.3 is 5.97 Å². The van der Waals surface area contributed by atoms with E-state index in [-0.39, 0.29) is 11.8 Å². The number of para-hydroxylation sites is 1. The number of aromatic carboxylic acids is 1. The van der Waals surface area contributed by atoms with Crippen molar-refractivity contribution in [3.8, 4) is 22.8 Å². The normalized spacial score (nSPS) is 14.5. The molecule has 0 saturated heterocycles. The number of carbonyl (C=O) groups is 1. The van der Waals surface area contributed by atoms with Crippen molar-refractivity contribution in [1.29, 1.82) is 0 Å². The van der Waals surface area contributed by atoms with Crippen LogP contribution < -0.4 is 4.74 Å². The number of phenols is 1. The first-order valence-electron chi connectivity index (χ1n) is 14.0. The predicted molar refractivity (Wildman–Crippen MR) is 164 cm³/mol. The quantitative estimate of drug-likeness (QED) is 0.181. The number of aromatic hydroxyl groups is 1. The Balaban J connectivity index is 1.24. The van der Waals surface area contributed by atoms with Gasteiger partial charge < -0.3 is 19.5 Å².